The maximum Gasteiger partial charge on any atom is 0.306 e. The van der Waals surface area contributed by atoms with Crippen molar-refractivity contribution in [1.82, 2.24) is 4.98 Å². The molecule has 0 bridgehead atoms. The van der Waals surface area contributed by atoms with E-state index in [1.165, 1.54) is 7.11 Å². The standard InChI is InChI=1S/C26H26N2O6/c1-32-23-12-15(8-9-21(23)29)20-11-17(19-6-3-7-22-25(19)34-14-33-22)13-24(28-20)27-18-5-2-4-16(10-18)26(30)31/h3,6-9,11-13,16,18,29H,2,4-5,10,14H2,1H3,(H,27,28)(H,30,31). The van der Waals surface area contributed by atoms with Crippen molar-refractivity contribution < 1.29 is 29.2 Å². The highest BCUT2D eigenvalue weighted by Crippen LogP contribution is 2.43. The Balaban J connectivity index is 1.56. The van der Waals surface area contributed by atoms with Crippen LogP contribution in [-0.2, 0) is 4.79 Å². The molecule has 3 aromatic rings. The second-order valence-electron chi connectivity index (χ2n) is 8.60. The SMILES string of the molecule is COc1cc(-c2cc(-c3cccc4c3OCO4)cc(NC3CCCC(C(=O)O)C3)n2)ccc1O. The quantitative estimate of drug-likeness (QED) is 0.474. The van der Waals surface area contributed by atoms with Crippen LogP contribution in [0.5, 0.6) is 23.0 Å². The number of methoxy groups -OCH3 is 1. The van der Waals surface area contributed by atoms with E-state index in [0.717, 1.165) is 29.5 Å². The number of nitrogens with one attached hydrogen (secondary N) is 1. The van der Waals surface area contributed by atoms with Crippen molar-refractivity contribution in [3.8, 4) is 45.4 Å². The molecule has 2 atom stereocenters. The van der Waals surface area contributed by atoms with Gasteiger partial charge in [0.05, 0.1) is 18.7 Å². The van der Waals surface area contributed by atoms with Crippen molar-refractivity contribution in [3.05, 3.63) is 48.5 Å². The number of carboxylic acids is 1. The van der Waals surface area contributed by atoms with E-state index in [2.05, 4.69) is 5.32 Å². The minimum Gasteiger partial charge on any atom is -0.504 e. The van der Waals surface area contributed by atoms with Crippen LogP contribution in [0.4, 0.5) is 5.82 Å². The van der Waals surface area contributed by atoms with E-state index in [1.807, 2.05) is 30.3 Å². The second kappa shape index (κ2) is 9.13. The van der Waals surface area contributed by atoms with Gasteiger partial charge in [-0.2, -0.15) is 0 Å². The number of carboxylic acid groups (broad SMARTS) is 1. The Morgan fingerprint density at radius 3 is 2.82 bits per heavy atom. The van der Waals surface area contributed by atoms with Crippen LogP contribution in [0.25, 0.3) is 22.4 Å². The molecule has 176 valence electrons. The number of hydrogen-bond acceptors (Lipinski definition) is 7. The fourth-order valence-corrected chi connectivity index (χ4v) is 4.66. The summed E-state index contributed by atoms with van der Waals surface area (Å²) in [6, 6.07) is 14.8. The van der Waals surface area contributed by atoms with Gasteiger partial charge < -0.3 is 29.7 Å². The number of anilines is 1. The number of hydrogen-bond donors (Lipinski definition) is 3. The number of carbonyl (C=O) groups is 1. The molecule has 0 radical (unpaired) electrons. The number of rotatable bonds is 6. The maximum absolute atomic E-state index is 11.5. The van der Waals surface area contributed by atoms with Gasteiger partial charge in [-0.3, -0.25) is 4.79 Å². The molecular formula is C26H26N2O6. The highest BCUT2D eigenvalue weighted by Gasteiger charge is 2.27. The molecule has 8 heteroatoms. The highest BCUT2D eigenvalue weighted by atomic mass is 16.7. The largest absolute Gasteiger partial charge is 0.504 e. The van der Waals surface area contributed by atoms with Gasteiger partial charge in [0.25, 0.3) is 0 Å². The number of fused-ring (bicyclic) bond motifs is 1. The smallest absolute Gasteiger partial charge is 0.306 e. The summed E-state index contributed by atoms with van der Waals surface area (Å²) in [4.78, 5) is 16.3. The van der Waals surface area contributed by atoms with Gasteiger partial charge in [0.2, 0.25) is 6.79 Å². The summed E-state index contributed by atoms with van der Waals surface area (Å²) >= 11 is 0. The van der Waals surface area contributed by atoms with Gasteiger partial charge >= 0.3 is 5.97 Å². The van der Waals surface area contributed by atoms with E-state index in [4.69, 9.17) is 19.2 Å². The van der Waals surface area contributed by atoms with Gasteiger partial charge in [-0.1, -0.05) is 18.6 Å². The number of phenolic OH excluding ortho intramolecular Hbond substituents is 1. The van der Waals surface area contributed by atoms with Crippen LogP contribution in [0.15, 0.2) is 48.5 Å². The van der Waals surface area contributed by atoms with Crippen molar-refractivity contribution in [2.75, 3.05) is 19.2 Å². The van der Waals surface area contributed by atoms with E-state index >= 15 is 0 Å². The number of aliphatic carboxylic acids is 1. The Hall–Kier alpha value is -3.94. The molecule has 1 aromatic heterocycles. The molecule has 0 spiro atoms. The van der Waals surface area contributed by atoms with Gasteiger partial charge in [-0.25, -0.2) is 4.98 Å². The molecular weight excluding hydrogens is 436 g/mol. The van der Waals surface area contributed by atoms with Crippen molar-refractivity contribution in [1.29, 1.82) is 0 Å². The number of benzene rings is 2. The van der Waals surface area contributed by atoms with Crippen LogP contribution in [-0.4, -0.2) is 41.1 Å². The lowest BCUT2D eigenvalue weighted by Gasteiger charge is -2.28. The lowest BCUT2D eigenvalue weighted by atomic mass is 9.86. The fraction of sp³-hybridized carbons (Fsp3) is 0.308. The first-order valence-electron chi connectivity index (χ1n) is 11.3. The lowest BCUT2D eigenvalue weighted by Crippen LogP contribution is -2.31. The molecule has 2 unspecified atom stereocenters. The molecule has 3 N–H and O–H groups in total. The molecule has 34 heavy (non-hydrogen) atoms. The van der Waals surface area contributed by atoms with Gasteiger partial charge in [0.1, 0.15) is 5.82 Å². The van der Waals surface area contributed by atoms with Crippen molar-refractivity contribution in [3.63, 3.8) is 0 Å². The molecule has 2 aliphatic rings. The van der Waals surface area contributed by atoms with Gasteiger partial charge in [-0.05, 0) is 61.2 Å². The van der Waals surface area contributed by atoms with Crippen LogP contribution in [0, 0.1) is 5.92 Å². The lowest BCUT2D eigenvalue weighted by molar-refractivity contribution is -0.142. The number of ether oxygens (including phenoxy) is 3. The number of nitrogens with zero attached hydrogens (tertiary/aromatic N) is 1. The Labute approximate surface area is 197 Å². The molecule has 2 aromatic carbocycles. The normalized spacial score (nSPS) is 19.0. The molecule has 1 aliphatic carbocycles. The predicted octanol–water partition coefficient (Wildman–Crippen LogP) is 4.91. The molecule has 1 aliphatic heterocycles. The Morgan fingerprint density at radius 2 is 2.00 bits per heavy atom. The van der Waals surface area contributed by atoms with E-state index in [1.54, 1.807) is 18.2 Å². The topological polar surface area (TPSA) is 110 Å². The number of para-hydroxylation sites is 1. The zero-order valence-corrected chi connectivity index (χ0v) is 18.8. The summed E-state index contributed by atoms with van der Waals surface area (Å²) in [5.41, 5.74) is 3.21. The summed E-state index contributed by atoms with van der Waals surface area (Å²) in [6.45, 7) is 0.170. The Morgan fingerprint density at radius 1 is 1.12 bits per heavy atom. The minimum absolute atomic E-state index is 0.0147. The molecule has 8 nitrogen and oxygen atoms in total. The minimum atomic E-state index is -0.748. The van der Waals surface area contributed by atoms with Crippen LogP contribution in [0.3, 0.4) is 0 Å². The number of aromatic hydroxyl groups is 1. The monoisotopic (exact) mass is 462 g/mol. The van der Waals surface area contributed by atoms with Crippen molar-refractivity contribution in [2.24, 2.45) is 5.92 Å². The van der Waals surface area contributed by atoms with Crippen LogP contribution >= 0.6 is 0 Å². The molecule has 1 saturated carbocycles. The first kappa shape index (κ1) is 21.9. The summed E-state index contributed by atoms with van der Waals surface area (Å²) in [7, 11) is 1.50. The predicted molar refractivity (Wildman–Crippen MR) is 126 cm³/mol. The van der Waals surface area contributed by atoms with E-state index < -0.39 is 5.97 Å². The van der Waals surface area contributed by atoms with Crippen LogP contribution in [0.1, 0.15) is 25.7 Å². The number of aromatic nitrogens is 1. The molecule has 0 amide bonds. The van der Waals surface area contributed by atoms with Gasteiger partial charge in [-0.15, -0.1) is 0 Å². The fourth-order valence-electron chi connectivity index (χ4n) is 4.66. The first-order chi connectivity index (χ1) is 16.5. The summed E-state index contributed by atoms with van der Waals surface area (Å²) in [5.74, 6) is 1.32. The zero-order chi connectivity index (χ0) is 23.7. The molecule has 1 fully saturated rings. The van der Waals surface area contributed by atoms with Crippen LogP contribution in [0.2, 0.25) is 0 Å². The zero-order valence-electron chi connectivity index (χ0n) is 18.8. The number of phenols is 1. The average molecular weight is 463 g/mol. The third-order valence-corrected chi connectivity index (χ3v) is 6.38. The third-order valence-electron chi connectivity index (χ3n) is 6.38. The average Bonchev–Trinajstić information content (AvgIpc) is 3.33. The first-order valence-corrected chi connectivity index (χ1v) is 11.3. The van der Waals surface area contributed by atoms with Crippen molar-refractivity contribution in [2.45, 2.75) is 31.7 Å². The van der Waals surface area contributed by atoms with Gasteiger partial charge in [0, 0.05) is 17.2 Å². The maximum atomic E-state index is 11.5. The molecule has 2 heterocycles. The third kappa shape index (κ3) is 4.31. The van der Waals surface area contributed by atoms with Crippen molar-refractivity contribution >= 4 is 11.8 Å². The van der Waals surface area contributed by atoms with E-state index in [9.17, 15) is 15.0 Å². The summed E-state index contributed by atoms with van der Waals surface area (Å²) in [6.07, 6.45) is 3.00. The van der Waals surface area contributed by atoms with E-state index in [0.29, 0.717) is 41.6 Å². The second-order valence-corrected chi connectivity index (χ2v) is 8.60. The Kier molecular flexibility index (Phi) is 5.88. The molecule has 5 rings (SSSR count). The Bertz CT molecular complexity index is 1230. The van der Waals surface area contributed by atoms with Gasteiger partial charge in [0.15, 0.2) is 23.0 Å². The summed E-state index contributed by atoms with van der Waals surface area (Å²) in [5, 5.41) is 23.0. The number of pyridine rings is 1. The summed E-state index contributed by atoms with van der Waals surface area (Å²) < 4.78 is 16.6. The van der Waals surface area contributed by atoms with Crippen LogP contribution < -0.4 is 19.5 Å². The highest BCUT2D eigenvalue weighted by molar-refractivity contribution is 5.80. The molecule has 0 saturated heterocycles. The van der Waals surface area contributed by atoms with E-state index in [-0.39, 0.29) is 24.5 Å².